The van der Waals surface area contributed by atoms with Gasteiger partial charge in [-0.15, -0.1) is 0 Å². The molecule has 1 heterocycles. The maximum atomic E-state index is 12.7. The molecular formula is C22H27N3O4S. The smallest absolute Gasteiger partial charge is 0.262 e. The molecule has 0 radical (unpaired) electrons. The van der Waals surface area contributed by atoms with Gasteiger partial charge in [0.2, 0.25) is 0 Å². The number of ether oxygens (including phenoxy) is 1. The predicted octanol–water partition coefficient (Wildman–Crippen LogP) is 3.57. The molecule has 0 fully saturated rings. The minimum absolute atomic E-state index is 0.0718. The Morgan fingerprint density at radius 1 is 1.10 bits per heavy atom. The Balaban J connectivity index is 1.62. The van der Waals surface area contributed by atoms with Crippen molar-refractivity contribution in [3.63, 3.8) is 0 Å². The highest BCUT2D eigenvalue weighted by Crippen LogP contribution is 2.19. The quantitative estimate of drug-likeness (QED) is 0.734. The monoisotopic (exact) mass is 429 g/mol. The summed E-state index contributed by atoms with van der Waals surface area (Å²) in [7, 11) is -3.76. The number of anilines is 1. The zero-order valence-corrected chi connectivity index (χ0v) is 18.1. The summed E-state index contributed by atoms with van der Waals surface area (Å²) in [6.07, 6.45) is 3.54. The van der Waals surface area contributed by atoms with E-state index in [1.165, 1.54) is 12.1 Å². The summed E-state index contributed by atoms with van der Waals surface area (Å²) in [5.74, 6) is 0.759. The number of amides is 1. The zero-order valence-electron chi connectivity index (χ0n) is 17.3. The summed E-state index contributed by atoms with van der Waals surface area (Å²) in [6.45, 7) is 4.37. The highest BCUT2D eigenvalue weighted by atomic mass is 32.2. The molecule has 0 bridgehead atoms. The molecule has 7 nitrogen and oxygen atoms in total. The number of carbonyl (C=O) groups is 1. The van der Waals surface area contributed by atoms with E-state index in [1.807, 2.05) is 32.0 Å². The lowest BCUT2D eigenvalue weighted by Crippen LogP contribution is -2.30. The molecule has 0 saturated heterocycles. The molecule has 2 aromatic rings. The van der Waals surface area contributed by atoms with E-state index >= 15 is 0 Å². The van der Waals surface area contributed by atoms with Crippen molar-refractivity contribution in [2.45, 2.75) is 44.4 Å². The van der Waals surface area contributed by atoms with Gasteiger partial charge in [0.25, 0.3) is 15.9 Å². The molecule has 3 rings (SSSR count). The molecule has 0 aliphatic carbocycles. The van der Waals surface area contributed by atoms with Gasteiger partial charge in [0.1, 0.15) is 11.6 Å². The van der Waals surface area contributed by atoms with Crippen molar-refractivity contribution in [1.29, 1.82) is 0 Å². The summed E-state index contributed by atoms with van der Waals surface area (Å²) in [5.41, 5.74) is 2.45. The average Bonchev–Trinajstić information content (AvgIpc) is 2.96. The van der Waals surface area contributed by atoms with Gasteiger partial charge >= 0.3 is 0 Å². The molecule has 30 heavy (non-hydrogen) atoms. The Labute approximate surface area is 177 Å². The first kappa shape index (κ1) is 21.8. The van der Waals surface area contributed by atoms with Gasteiger partial charge < -0.3 is 10.1 Å². The van der Waals surface area contributed by atoms with E-state index in [0.717, 1.165) is 30.4 Å². The molecule has 1 amide bonds. The second kappa shape index (κ2) is 9.75. The van der Waals surface area contributed by atoms with Crippen LogP contribution >= 0.6 is 0 Å². The fourth-order valence-electron chi connectivity index (χ4n) is 3.21. The summed E-state index contributed by atoms with van der Waals surface area (Å²) >= 11 is 0. The van der Waals surface area contributed by atoms with Crippen LogP contribution in [0.5, 0.6) is 5.75 Å². The third-order valence-electron chi connectivity index (χ3n) is 4.74. The van der Waals surface area contributed by atoms with Gasteiger partial charge in [0.05, 0.1) is 4.90 Å². The van der Waals surface area contributed by atoms with Crippen molar-refractivity contribution in [2.75, 3.05) is 18.5 Å². The zero-order chi connectivity index (χ0) is 21.6. The molecule has 0 saturated carbocycles. The summed E-state index contributed by atoms with van der Waals surface area (Å²) in [4.78, 5) is 16.6. The minimum atomic E-state index is -3.76. The highest BCUT2D eigenvalue weighted by Gasteiger charge is 2.18. The first-order valence-electron chi connectivity index (χ1n) is 9.99. The van der Waals surface area contributed by atoms with Crippen LogP contribution in [0, 0.1) is 13.8 Å². The first-order valence-corrected chi connectivity index (χ1v) is 11.5. The highest BCUT2D eigenvalue weighted by molar-refractivity contribution is 7.90. The van der Waals surface area contributed by atoms with Crippen LogP contribution in [0.15, 0.2) is 52.4 Å². The molecule has 0 aromatic heterocycles. The molecule has 160 valence electrons. The van der Waals surface area contributed by atoms with Crippen molar-refractivity contribution >= 4 is 27.5 Å². The standard InChI is InChI=1S/C22H27N3O4S/c1-16-10-11-20(17(2)13-16)29-15-22(26)24-18-7-6-8-19(14-18)30(27,28)25-21-9-4-3-5-12-23-21/h6-8,10-11,13-14H,3-5,9,12,15H2,1-2H3,(H,23,25)(H,24,26). The van der Waals surface area contributed by atoms with Gasteiger partial charge in [-0.25, -0.2) is 8.42 Å². The number of amidine groups is 1. The number of carbonyl (C=O) groups excluding carboxylic acids is 1. The van der Waals surface area contributed by atoms with Gasteiger partial charge in [-0.3, -0.25) is 14.5 Å². The fraction of sp³-hybridized carbons (Fsp3) is 0.364. The Morgan fingerprint density at radius 3 is 2.73 bits per heavy atom. The molecule has 0 spiro atoms. The molecule has 1 aliphatic heterocycles. The number of nitrogens with one attached hydrogen (secondary N) is 2. The van der Waals surface area contributed by atoms with E-state index in [4.69, 9.17) is 4.74 Å². The van der Waals surface area contributed by atoms with Crippen LogP contribution in [0.2, 0.25) is 0 Å². The van der Waals surface area contributed by atoms with Crippen LogP contribution in [-0.4, -0.2) is 33.3 Å². The molecule has 0 atom stereocenters. The maximum absolute atomic E-state index is 12.7. The Morgan fingerprint density at radius 2 is 1.93 bits per heavy atom. The third-order valence-corrected chi connectivity index (χ3v) is 6.12. The van der Waals surface area contributed by atoms with Crippen molar-refractivity contribution in [3.8, 4) is 5.75 Å². The van der Waals surface area contributed by atoms with Crippen LogP contribution in [-0.2, 0) is 14.8 Å². The number of sulfonamides is 1. The van der Waals surface area contributed by atoms with Crippen molar-refractivity contribution in [1.82, 2.24) is 4.72 Å². The van der Waals surface area contributed by atoms with Crippen molar-refractivity contribution < 1.29 is 17.9 Å². The van der Waals surface area contributed by atoms with E-state index in [0.29, 0.717) is 30.2 Å². The van der Waals surface area contributed by atoms with E-state index in [2.05, 4.69) is 15.0 Å². The van der Waals surface area contributed by atoms with E-state index in [9.17, 15) is 13.2 Å². The largest absolute Gasteiger partial charge is 0.483 e. The van der Waals surface area contributed by atoms with E-state index in [-0.39, 0.29) is 17.4 Å². The second-order valence-electron chi connectivity index (χ2n) is 7.38. The van der Waals surface area contributed by atoms with Gasteiger partial charge in [0, 0.05) is 18.7 Å². The van der Waals surface area contributed by atoms with E-state index in [1.54, 1.807) is 12.1 Å². The first-order chi connectivity index (χ1) is 14.3. The van der Waals surface area contributed by atoms with Crippen LogP contribution in [0.1, 0.15) is 36.8 Å². The Bertz CT molecular complexity index is 1050. The number of hydrogen-bond donors (Lipinski definition) is 2. The van der Waals surface area contributed by atoms with E-state index < -0.39 is 10.0 Å². The number of hydrogen-bond acceptors (Lipinski definition) is 5. The lowest BCUT2D eigenvalue weighted by molar-refractivity contribution is -0.118. The van der Waals surface area contributed by atoms with Crippen molar-refractivity contribution in [3.05, 3.63) is 53.6 Å². The molecule has 8 heteroatoms. The fourth-order valence-corrected chi connectivity index (χ4v) is 4.35. The van der Waals surface area contributed by atoms with Gasteiger partial charge in [-0.2, -0.15) is 0 Å². The van der Waals surface area contributed by atoms with Gasteiger partial charge in [-0.05, 0) is 56.5 Å². The third kappa shape index (κ3) is 6.06. The minimum Gasteiger partial charge on any atom is -0.483 e. The summed E-state index contributed by atoms with van der Waals surface area (Å²) in [6, 6.07) is 11.9. The number of aliphatic imine (C=N–C) groups is 1. The Kier molecular flexibility index (Phi) is 7.10. The molecule has 2 aromatic carbocycles. The number of aryl methyl sites for hydroxylation is 2. The van der Waals surface area contributed by atoms with Gasteiger partial charge in [-0.1, -0.05) is 30.2 Å². The predicted molar refractivity (Wildman–Crippen MR) is 118 cm³/mol. The van der Waals surface area contributed by atoms with Crippen molar-refractivity contribution in [2.24, 2.45) is 4.99 Å². The van der Waals surface area contributed by atoms with Crippen LogP contribution in [0.4, 0.5) is 5.69 Å². The summed E-state index contributed by atoms with van der Waals surface area (Å²) in [5, 5.41) is 2.68. The SMILES string of the molecule is Cc1ccc(OCC(=O)Nc2cccc(S(=O)(=O)NC3=NCCCCC3)c2)c(C)c1. The van der Waals surface area contributed by atoms with Crippen LogP contribution < -0.4 is 14.8 Å². The van der Waals surface area contributed by atoms with Crippen LogP contribution in [0.3, 0.4) is 0 Å². The molecule has 1 aliphatic rings. The lowest BCUT2D eigenvalue weighted by Gasteiger charge is -2.12. The summed E-state index contributed by atoms with van der Waals surface area (Å²) < 4.78 is 33.5. The number of benzene rings is 2. The number of nitrogens with zero attached hydrogens (tertiary/aromatic N) is 1. The van der Waals surface area contributed by atoms with Gasteiger partial charge in [0.15, 0.2) is 6.61 Å². The molecule has 0 unspecified atom stereocenters. The topological polar surface area (TPSA) is 96.9 Å². The number of rotatable bonds is 6. The molecular weight excluding hydrogens is 402 g/mol. The lowest BCUT2D eigenvalue weighted by atomic mass is 10.1. The Hall–Kier alpha value is -2.87. The maximum Gasteiger partial charge on any atom is 0.262 e. The normalized spacial score (nSPS) is 14.4. The second-order valence-corrected chi connectivity index (χ2v) is 9.06. The van der Waals surface area contributed by atoms with Crippen LogP contribution in [0.25, 0.3) is 0 Å². The molecule has 2 N–H and O–H groups in total. The average molecular weight is 430 g/mol.